The van der Waals surface area contributed by atoms with E-state index in [1.54, 1.807) is 24.4 Å². The monoisotopic (exact) mass is 423 g/mol. The molecular weight excluding hydrogens is 394 g/mol. The first-order valence-corrected chi connectivity index (χ1v) is 10.6. The Balaban J connectivity index is 1.41. The molecule has 2 amide bonds. The molecule has 2 atom stereocenters. The van der Waals surface area contributed by atoms with Gasteiger partial charge in [-0.3, -0.25) is 9.69 Å². The molecule has 1 aromatic carbocycles. The van der Waals surface area contributed by atoms with Crippen LogP contribution in [0.25, 0.3) is 0 Å². The topological polar surface area (TPSA) is 101 Å². The Labute approximate surface area is 182 Å². The summed E-state index contributed by atoms with van der Waals surface area (Å²) in [7, 11) is 0. The van der Waals surface area contributed by atoms with Gasteiger partial charge in [0.15, 0.2) is 0 Å². The third kappa shape index (κ3) is 4.57. The van der Waals surface area contributed by atoms with Crippen LogP contribution in [0.4, 0.5) is 22.0 Å². The van der Waals surface area contributed by atoms with Crippen LogP contribution < -0.4 is 16.0 Å². The van der Waals surface area contributed by atoms with Crippen molar-refractivity contribution in [3.63, 3.8) is 0 Å². The van der Waals surface area contributed by atoms with Crippen LogP contribution in [0.5, 0.6) is 0 Å². The molecule has 2 aromatic rings. The average Bonchev–Trinajstić information content (AvgIpc) is 2.98. The van der Waals surface area contributed by atoms with Crippen molar-refractivity contribution in [1.82, 2.24) is 9.88 Å². The summed E-state index contributed by atoms with van der Waals surface area (Å²) in [6, 6.07) is 11.0. The van der Waals surface area contributed by atoms with Crippen molar-refractivity contribution >= 4 is 29.2 Å². The van der Waals surface area contributed by atoms with Gasteiger partial charge >= 0.3 is 6.09 Å². The van der Waals surface area contributed by atoms with Crippen molar-refractivity contribution in [2.75, 3.05) is 29.0 Å². The summed E-state index contributed by atoms with van der Waals surface area (Å²) in [5.74, 6) is 0.545. The normalized spacial score (nSPS) is 20.5. The van der Waals surface area contributed by atoms with Crippen LogP contribution in [0.15, 0.2) is 42.6 Å². The third-order valence-electron chi connectivity index (χ3n) is 5.63. The first-order chi connectivity index (χ1) is 14.7. The molecule has 0 aliphatic carbocycles. The summed E-state index contributed by atoms with van der Waals surface area (Å²) in [6.07, 6.45) is 3.25. The Kier molecular flexibility index (Phi) is 5.47. The molecule has 164 valence electrons. The number of para-hydroxylation sites is 2. The van der Waals surface area contributed by atoms with Gasteiger partial charge in [-0.2, -0.15) is 0 Å². The van der Waals surface area contributed by atoms with Crippen LogP contribution in [-0.4, -0.2) is 52.7 Å². The molecule has 0 radical (unpaired) electrons. The Bertz CT molecular complexity index is 956. The summed E-state index contributed by atoms with van der Waals surface area (Å²) in [5, 5.41) is 2.81. The molecule has 2 fully saturated rings. The Hall–Kier alpha value is -3.29. The third-order valence-corrected chi connectivity index (χ3v) is 5.63. The summed E-state index contributed by atoms with van der Waals surface area (Å²) >= 11 is 0. The summed E-state index contributed by atoms with van der Waals surface area (Å²) in [5.41, 5.74) is 6.94. The number of piperazine rings is 1. The van der Waals surface area contributed by atoms with Crippen LogP contribution in [0.2, 0.25) is 0 Å². The fourth-order valence-electron chi connectivity index (χ4n) is 4.22. The van der Waals surface area contributed by atoms with Gasteiger partial charge in [-0.15, -0.1) is 0 Å². The Morgan fingerprint density at radius 2 is 1.77 bits per heavy atom. The molecule has 4 rings (SSSR count). The molecule has 2 unspecified atom stereocenters. The fourth-order valence-corrected chi connectivity index (χ4v) is 4.22. The SMILES string of the molecule is CC(C)(C)OC(=O)N1C2CCC1CN(c1ccc(C(=O)Nc3ccccc3N)cn1)C2. The molecule has 0 saturated carbocycles. The number of pyridine rings is 1. The highest BCUT2D eigenvalue weighted by Gasteiger charge is 2.44. The lowest BCUT2D eigenvalue weighted by Gasteiger charge is -2.41. The van der Waals surface area contributed by atoms with E-state index < -0.39 is 5.60 Å². The molecule has 8 nitrogen and oxygen atoms in total. The lowest BCUT2D eigenvalue weighted by Crippen LogP contribution is -2.57. The molecular formula is C23H29N5O3. The van der Waals surface area contributed by atoms with Gasteiger partial charge in [-0.1, -0.05) is 12.1 Å². The van der Waals surface area contributed by atoms with Gasteiger partial charge in [-0.05, 0) is 57.9 Å². The number of nitrogens with two attached hydrogens (primary N) is 1. The van der Waals surface area contributed by atoms with Crippen molar-refractivity contribution in [3.8, 4) is 0 Å². The zero-order valence-corrected chi connectivity index (χ0v) is 18.2. The van der Waals surface area contributed by atoms with Crippen molar-refractivity contribution in [3.05, 3.63) is 48.2 Å². The predicted molar refractivity (Wildman–Crippen MR) is 120 cm³/mol. The van der Waals surface area contributed by atoms with Crippen molar-refractivity contribution in [2.45, 2.75) is 51.3 Å². The number of nitrogens with one attached hydrogen (secondary N) is 1. The first kappa shape index (κ1) is 21.0. The molecule has 31 heavy (non-hydrogen) atoms. The Morgan fingerprint density at radius 1 is 1.10 bits per heavy atom. The van der Waals surface area contributed by atoms with Crippen molar-refractivity contribution < 1.29 is 14.3 Å². The van der Waals surface area contributed by atoms with Gasteiger partial charge in [-0.25, -0.2) is 9.78 Å². The van der Waals surface area contributed by atoms with E-state index in [-0.39, 0.29) is 24.1 Å². The molecule has 3 N–H and O–H groups in total. The van der Waals surface area contributed by atoms with Crippen LogP contribution in [0, 0.1) is 0 Å². The van der Waals surface area contributed by atoms with Gasteiger partial charge in [0.1, 0.15) is 11.4 Å². The van der Waals surface area contributed by atoms with Gasteiger partial charge in [0.05, 0.1) is 29.0 Å². The highest BCUT2D eigenvalue weighted by atomic mass is 16.6. The second-order valence-electron chi connectivity index (χ2n) is 9.12. The largest absolute Gasteiger partial charge is 0.444 e. The number of hydrogen-bond acceptors (Lipinski definition) is 6. The van der Waals surface area contributed by atoms with Crippen molar-refractivity contribution in [1.29, 1.82) is 0 Å². The highest BCUT2D eigenvalue weighted by Crippen LogP contribution is 2.33. The second-order valence-corrected chi connectivity index (χ2v) is 9.12. The van der Waals surface area contributed by atoms with Crippen LogP contribution in [-0.2, 0) is 4.74 Å². The van der Waals surface area contributed by atoms with Crippen LogP contribution >= 0.6 is 0 Å². The number of amides is 2. The number of carbonyl (C=O) groups excluding carboxylic acids is 2. The minimum absolute atomic E-state index is 0.111. The molecule has 1 aromatic heterocycles. The molecule has 2 aliphatic rings. The van der Waals surface area contributed by atoms with Crippen molar-refractivity contribution in [2.24, 2.45) is 0 Å². The molecule has 0 spiro atoms. The van der Waals surface area contributed by atoms with E-state index in [1.165, 1.54) is 0 Å². The standard InChI is InChI=1S/C23H29N5O3/c1-23(2,3)31-22(30)28-16-9-10-17(28)14-27(13-16)20-11-8-15(12-25-20)21(29)26-19-7-5-4-6-18(19)24/h4-8,11-12,16-17H,9-10,13-14,24H2,1-3H3,(H,26,29). The van der Waals surface area contributed by atoms with E-state index in [0.717, 1.165) is 18.7 Å². The van der Waals surface area contributed by atoms with Gasteiger partial charge in [0.2, 0.25) is 0 Å². The van der Waals surface area contributed by atoms with E-state index in [4.69, 9.17) is 10.5 Å². The number of fused-ring (bicyclic) bond motifs is 2. The highest BCUT2D eigenvalue weighted by molar-refractivity contribution is 6.05. The lowest BCUT2D eigenvalue weighted by molar-refractivity contribution is 0.0122. The number of nitrogen functional groups attached to an aromatic ring is 1. The Morgan fingerprint density at radius 3 is 2.35 bits per heavy atom. The summed E-state index contributed by atoms with van der Waals surface area (Å²) < 4.78 is 5.60. The van der Waals surface area contributed by atoms with Crippen LogP contribution in [0.3, 0.4) is 0 Å². The smallest absolute Gasteiger partial charge is 0.410 e. The number of rotatable bonds is 3. The number of hydrogen-bond donors (Lipinski definition) is 2. The zero-order chi connectivity index (χ0) is 22.2. The molecule has 2 saturated heterocycles. The maximum Gasteiger partial charge on any atom is 0.410 e. The van der Waals surface area contributed by atoms with E-state index in [9.17, 15) is 9.59 Å². The van der Waals surface area contributed by atoms with E-state index in [1.807, 2.05) is 43.9 Å². The number of aromatic nitrogens is 1. The van der Waals surface area contributed by atoms with E-state index in [0.29, 0.717) is 30.0 Å². The van der Waals surface area contributed by atoms with Crippen LogP contribution in [0.1, 0.15) is 44.0 Å². The van der Waals surface area contributed by atoms with E-state index in [2.05, 4.69) is 15.2 Å². The quantitative estimate of drug-likeness (QED) is 0.733. The molecule has 2 aliphatic heterocycles. The summed E-state index contributed by atoms with van der Waals surface area (Å²) in [6.45, 7) is 7.06. The van der Waals surface area contributed by atoms with Gasteiger partial charge in [0.25, 0.3) is 5.91 Å². The first-order valence-electron chi connectivity index (χ1n) is 10.6. The number of nitrogens with zero attached hydrogens (tertiary/aromatic N) is 3. The number of anilines is 3. The average molecular weight is 424 g/mol. The van der Waals surface area contributed by atoms with Gasteiger partial charge < -0.3 is 20.7 Å². The number of benzene rings is 1. The summed E-state index contributed by atoms with van der Waals surface area (Å²) in [4.78, 5) is 33.7. The number of ether oxygens (including phenoxy) is 1. The number of carbonyl (C=O) groups is 2. The maximum absolute atomic E-state index is 12.6. The lowest BCUT2D eigenvalue weighted by atomic mass is 10.1. The molecule has 2 bridgehead atoms. The molecule has 3 heterocycles. The van der Waals surface area contributed by atoms with E-state index >= 15 is 0 Å². The van der Waals surface area contributed by atoms with Gasteiger partial charge in [0, 0.05) is 19.3 Å². The minimum Gasteiger partial charge on any atom is -0.444 e. The predicted octanol–water partition coefficient (Wildman–Crippen LogP) is 3.50. The maximum atomic E-state index is 12.6. The molecule has 8 heteroatoms. The zero-order valence-electron chi connectivity index (χ0n) is 18.2. The minimum atomic E-state index is -0.504. The fraction of sp³-hybridized carbons (Fsp3) is 0.435. The second kappa shape index (κ2) is 8.09.